The van der Waals surface area contributed by atoms with Crippen molar-refractivity contribution in [1.29, 1.82) is 0 Å². The van der Waals surface area contributed by atoms with Gasteiger partial charge in [-0.2, -0.15) is 7.82 Å². The second-order valence-corrected chi connectivity index (χ2v) is 4.95. The van der Waals surface area contributed by atoms with Crippen molar-refractivity contribution in [3.05, 3.63) is 0 Å². The Bertz CT molecular complexity index is 267. The molecule has 0 spiro atoms. The van der Waals surface area contributed by atoms with Crippen LogP contribution >= 0.6 is 23.5 Å². The molecule has 0 heterocycles. The summed E-state index contributed by atoms with van der Waals surface area (Å²) in [7, 11) is -15.8. The van der Waals surface area contributed by atoms with Gasteiger partial charge in [0, 0.05) is 0 Å². The molecule has 0 saturated heterocycles. The summed E-state index contributed by atoms with van der Waals surface area (Å²) in [4.78, 5) is 58.2. The van der Waals surface area contributed by atoms with Crippen LogP contribution in [0.3, 0.4) is 0 Å². The van der Waals surface area contributed by atoms with Crippen molar-refractivity contribution < 1.29 is 258 Å². The average molecular weight is 428 g/mol. The molecule has 0 aromatic heterocycles. The summed E-state index contributed by atoms with van der Waals surface area (Å²) in [6, 6.07) is 0. The zero-order chi connectivity index (χ0) is 12.2. The van der Waals surface area contributed by atoms with Crippen LogP contribution in [0.25, 0.3) is 0 Å². The first-order chi connectivity index (χ1) is 5.71. The summed E-state index contributed by atoms with van der Waals surface area (Å²) >= 11 is 0. The molecule has 3 N–H and O–H groups in total. The number of hydrogen-bond acceptors (Lipinski definition) is 8. The maximum atomic E-state index is 9.59. The Labute approximate surface area is 272 Å². The third kappa shape index (κ3) is 66.0. The molecule has 0 radical (unpaired) electrons. The summed E-state index contributed by atoms with van der Waals surface area (Å²) in [6.07, 6.45) is 0. The third-order valence-electron chi connectivity index (χ3n) is 0.210. The van der Waals surface area contributed by atoms with E-state index in [0.717, 1.165) is 0 Å². The molecule has 0 amide bonds. The smallest absolute Gasteiger partial charge is 0.822 e. The molecule has 0 aliphatic heterocycles. The Kier molecular flexibility index (Phi) is 41.4. The summed E-state index contributed by atoms with van der Waals surface area (Å²) < 4.78 is 30.5. The molecule has 18 heteroatoms. The molecule has 0 aromatic carbocycles. The topological polar surface area (TPSA) is 213 Å². The molecule has 0 aliphatic carbocycles. The first-order valence-electron chi connectivity index (χ1n) is 2.24. The van der Waals surface area contributed by atoms with Gasteiger partial charge in [0.25, 0.3) is 7.82 Å². The SMILES string of the molecule is O=P([O-])(O)OP(=O)(O)O.O=P([O-])([O-])[O-].[K+].[K+].[K+].[K+]. The summed E-state index contributed by atoms with van der Waals surface area (Å²) in [5.41, 5.74) is 0. The standard InChI is InChI=1S/4K.H4O7P2.H3O4P/c;;;;1-8(2,3)7-9(4,5)6;1-5(2,3)4/h;;;;(H2,1,2,3)(H2,4,5,6);(H3,1,2,3,4)/q4*+1;;/p-4. The first kappa shape index (κ1) is 39.8. The minimum atomic E-state index is -5.39. The Balaban J connectivity index is -0.0000000359. The molecular weight excluding hydrogens is 425 g/mol. The predicted octanol–water partition coefficient (Wildman–Crippen LogP) is -16.3. The van der Waals surface area contributed by atoms with Gasteiger partial charge in [0.2, 0.25) is 0 Å². The van der Waals surface area contributed by atoms with Crippen LogP contribution < -0.4 is 225 Å². The van der Waals surface area contributed by atoms with E-state index >= 15 is 0 Å². The third-order valence-corrected chi connectivity index (χ3v) is 1.89. The fraction of sp³-hybridized carbons (Fsp3) is 0. The fourth-order valence-corrected chi connectivity index (χ4v) is 1.21. The zero-order valence-electron chi connectivity index (χ0n) is 9.95. The van der Waals surface area contributed by atoms with Crippen molar-refractivity contribution in [2.75, 3.05) is 0 Å². The summed E-state index contributed by atoms with van der Waals surface area (Å²) in [6.45, 7) is 0. The van der Waals surface area contributed by atoms with Gasteiger partial charge in [-0.15, -0.1) is 0 Å². The normalized spacial score (nSPS) is 12.8. The molecular formula is H3K4O11P3. The van der Waals surface area contributed by atoms with Crippen LogP contribution in [-0.4, -0.2) is 14.7 Å². The predicted molar refractivity (Wildman–Crippen MR) is 30.6 cm³/mol. The molecule has 0 bridgehead atoms. The van der Waals surface area contributed by atoms with Crippen LogP contribution in [0.15, 0.2) is 0 Å². The number of rotatable bonds is 2. The molecule has 0 fully saturated rings. The van der Waals surface area contributed by atoms with Crippen LogP contribution in [0.4, 0.5) is 0 Å². The van der Waals surface area contributed by atoms with Gasteiger partial charge in [-0.3, -0.25) is 4.57 Å². The van der Waals surface area contributed by atoms with Gasteiger partial charge in [-0.25, -0.2) is 8.88 Å². The molecule has 88 valence electrons. The van der Waals surface area contributed by atoms with Crippen LogP contribution in [0.1, 0.15) is 0 Å². The molecule has 0 aliphatic rings. The van der Waals surface area contributed by atoms with E-state index in [4.69, 9.17) is 33.9 Å². The summed E-state index contributed by atoms with van der Waals surface area (Å²) in [5.74, 6) is 0. The van der Waals surface area contributed by atoms with E-state index in [1.165, 1.54) is 0 Å². The van der Waals surface area contributed by atoms with Gasteiger partial charge >= 0.3 is 213 Å². The van der Waals surface area contributed by atoms with Crippen LogP contribution in [0.2, 0.25) is 0 Å². The van der Waals surface area contributed by atoms with E-state index in [0.29, 0.717) is 0 Å². The minimum absolute atomic E-state index is 0. The Morgan fingerprint density at radius 2 is 0.889 bits per heavy atom. The molecule has 1 atom stereocenters. The van der Waals surface area contributed by atoms with Crippen molar-refractivity contribution in [3.8, 4) is 0 Å². The van der Waals surface area contributed by atoms with Gasteiger partial charge in [0.15, 0.2) is 0 Å². The van der Waals surface area contributed by atoms with Gasteiger partial charge in [0.05, 0.1) is 0 Å². The number of phosphoric acid groups is 3. The van der Waals surface area contributed by atoms with Crippen molar-refractivity contribution >= 4 is 23.5 Å². The summed E-state index contributed by atoms with van der Waals surface area (Å²) in [5, 5.41) is 0. The minimum Gasteiger partial charge on any atom is -0.822 e. The van der Waals surface area contributed by atoms with Crippen molar-refractivity contribution in [2.24, 2.45) is 0 Å². The second-order valence-electron chi connectivity index (χ2n) is 1.49. The fourth-order valence-electron chi connectivity index (χ4n) is 0.134. The zero-order valence-corrected chi connectivity index (χ0v) is 25.1. The van der Waals surface area contributed by atoms with Gasteiger partial charge in [-0.1, -0.05) is 0 Å². The van der Waals surface area contributed by atoms with Gasteiger partial charge in [0.1, 0.15) is 0 Å². The van der Waals surface area contributed by atoms with Gasteiger partial charge < -0.3 is 38.8 Å². The maximum absolute atomic E-state index is 9.59. The van der Waals surface area contributed by atoms with E-state index in [2.05, 4.69) is 4.31 Å². The van der Waals surface area contributed by atoms with E-state index in [1.807, 2.05) is 0 Å². The maximum Gasteiger partial charge on any atom is 1.00 e. The quantitative estimate of drug-likeness (QED) is 0.277. The van der Waals surface area contributed by atoms with E-state index < -0.39 is 23.5 Å². The van der Waals surface area contributed by atoms with E-state index in [9.17, 15) is 14.0 Å². The monoisotopic (exact) mass is 428 g/mol. The largest absolute Gasteiger partial charge is 1.00 e. The average Bonchev–Trinajstić information content (AvgIpc) is 1.42. The van der Waals surface area contributed by atoms with Crippen molar-refractivity contribution in [2.45, 2.75) is 0 Å². The van der Waals surface area contributed by atoms with E-state index in [-0.39, 0.29) is 206 Å². The van der Waals surface area contributed by atoms with E-state index in [1.54, 1.807) is 0 Å². The molecule has 18 heavy (non-hydrogen) atoms. The Morgan fingerprint density at radius 3 is 0.889 bits per heavy atom. The van der Waals surface area contributed by atoms with Crippen LogP contribution in [-0.2, 0) is 18.0 Å². The Hall–Kier alpha value is 6.92. The molecule has 1 unspecified atom stereocenters. The molecule has 11 nitrogen and oxygen atoms in total. The molecule has 0 rings (SSSR count). The van der Waals surface area contributed by atoms with Gasteiger partial charge in [-0.05, 0) is 0 Å². The molecule has 0 aromatic rings. The first-order valence-corrected chi connectivity index (χ1v) is 6.73. The van der Waals surface area contributed by atoms with Crippen LogP contribution in [0, 0.1) is 0 Å². The molecule has 0 saturated carbocycles. The Morgan fingerprint density at radius 1 is 0.722 bits per heavy atom. The van der Waals surface area contributed by atoms with Crippen molar-refractivity contribution in [1.82, 2.24) is 0 Å². The number of hydrogen-bond donors (Lipinski definition) is 3. The second kappa shape index (κ2) is 18.7. The van der Waals surface area contributed by atoms with Crippen molar-refractivity contribution in [3.63, 3.8) is 0 Å². The van der Waals surface area contributed by atoms with Crippen LogP contribution in [0.5, 0.6) is 0 Å².